The van der Waals surface area contributed by atoms with Gasteiger partial charge in [0.05, 0.1) is 13.1 Å². The Morgan fingerprint density at radius 3 is 2.59 bits per heavy atom. The number of nitrogens with zero attached hydrogens (tertiary/aromatic N) is 1. The van der Waals surface area contributed by atoms with E-state index in [9.17, 15) is 13.6 Å². The van der Waals surface area contributed by atoms with E-state index < -0.39 is 5.92 Å². The molecule has 1 fully saturated rings. The molecule has 7 heteroatoms. The number of nitrogens with one attached hydrogen (secondary N) is 1. The van der Waals surface area contributed by atoms with Crippen molar-refractivity contribution in [2.24, 2.45) is 0 Å². The highest BCUT2D eigenvalue weighted by Crippen LogP contribution is 2.31. The first-order valence-corrected chi connectivity index (χ1v) is 10.7. The molecule has 0 aromatic heterocycles. The molecule has 1 amide bonds. The van der Waals surface area contributed by atoms with Gasteiger partial charge in [-0.3, -0.25) is 9.69 Å². The smallest absolute Gasteiger partial charge is 0.272 e. The zero-order valence-corrected chi connectivity index (χ0v) is 17.2. The van der Waals surface area contributed by atoms with Gasteiger partial charge in [0.2, 0.25) is 5.91 Å². The summed E-state index contributed by atoms with van der Waals surface area (Å²) in [6.07, 6.45) is 6.48. The van der Waals surface area contributed by atoms with Crippen molar-refractivity contribution >= 4 is 5.91 Å². The number of rotatable bonds is 11. The molecule has 0 aliphatic carbocycles. The third-order valence-corrected chi connectivity index (χ3v) is 5.35. The van der Waals surface area contributed by atoms with Gasteiger partial charge < -0.3 is 14.8 Å². The van der Waals surface area contributed by atoms with Crippen molar-refractivity contribution in [2.45, 2.75) is 63.8 Å². The molecule has 1 unspecified atom stereocenters. The van der Waals surface area contributed by atoms with Crippen LogP contribution >= 0.6 is 0 Å². The molecule has 1 N–H and O–H groups in total. The number of hydrogen-bond acceptors (Lipinski definition) is 4. The second kappa shape index (κ2) is 10.2. The average Bonchev–Trinajstić information content (AvgIpc) is 2.66. The first kappa shape index (κ1) is 21.8. The topological polar surface area (TPSA) is 50.8 Å². The number of halogens is 2. The van der Waals surface area contributed by atoms with Crippen LogP contribution in [0.25, 0.3) is 0 Å². The van der Waals surface area contributed by atoms with Crippen LogP contribution in [-0.2, 0) is 11.2 Å². The van der Waals surface area contributed by atoms with Crippen LogP contribution in [0, 0.1) is 0 Å². The highest BCUT2D eigenvalue weighted by molar-refractivity contribution is 5.76. The minimum absolute atomic E-state index is 0.00340. The van der Waals surface area contributed by atoms with E-state index in [-0.39, 0.29) is 25.0 Å². The van der Waals surface area contributed by atoms with E-state index in [1.54, 1.807) is 4.90 Å². The lowest BCUT2D eigenvalue weighted by Crippen LogP contribution is -2.60. The van der Waals surface area contributed by atoms with Crippen LogP contribution in [0.4, 0.5) is 8.78 Å². The van der Waals surface area contributed by atoms with Crippen LogP contribution in [-0.4, -0.2) is 55.6 Å². The first-order chi connectivity index (χ1) is 13.9. The average molecular weight is 411 g/mol. The van der Waals surface area contributed by atoms with E-state index in [0.29, 0.717) is 38.3 Å². The first-order valence-electron chi connectivity index (χ1n) is 10.7. The van der Waals surface area contributed by atoms with E-state index in [1.165, 1.54) is 12.8 Å². The van der Waals surface area contributed by atoms with Crippen molar-refractivity contribution in [1.82, 2.24) is 10.2 Å². The summed E-state index contributed by atoms with van der Waals surface area (Å²) in [6, 6.07) is 5.52. The molecule has 2 aliphatic heterocycles. The number of carbonyl (C=O) groups excluding carboxylic acids is 1. The minimum atomic E-state index is -2.61. The number of carbonyl (C=O) groups is 1. The van der Waals surface area contributed by atoms with Gasteiger partial charge in [-0.25, -0.2) is 8.78 Å². The van der Waals surface area contributed by atoms with Gasteiger partial charge >= 0.3 is 0 Å². The Labute approximate surface area is 171 Å². The van der Waals surface area contributed by atoms with Crippen molar-refractivity contribution in [1.29, 1.82) is 0 Å². The number of ether oxygens (including phenoxy) is 2. The fraction of sp³-hybridized carbons (Fsp3) is 0.682. The third-order valence-electron chi connectivity index (χ3n) is 5.35. The number of benzene rings is 1. The fourth-order valence-electron chi connectivity index (χ4n) is 3.90. The SMILES string of the molecule is CCCCCCCC(=O)NC(Cc1ccc2c(c1)OCCO2)CN1CC(F)(F)C1. The predicted octanol–water partition coefficient (Wildman–Crippen LogP) is 3.80. The molecule has 0 saturated carbocycles. The van der Waals surface area contributed by atoms with Gasteiger partial charge in [0, 0.05) is 19.0 Å². The second-order valence-corrected chi connectivity index (χ2v) is 8.14. The molecular formula is C22H32F2N2O3. The number of unbranched alkanes of at least 4 members (excludes halogenated alkanes) is 4. The third kappa shape index (κ3) is 6.84. The molecule has 3 rings (SSSR count). The van der Waals surface area contributed by atoms with Gasteiger partial charge in [0.25, 0.3) is 5.92 Å². The number of likely N-dealkylation sites (tertiary alicyclic amines) is 1. The van der Waals surface area contributed by atoms with Crippen molar-refractivity contribution in [3.8, 4) is 11.5 Å². The maximum absolute atomic E-state index is 13.2. The zero-order chi connectivity index (χ0) is 20.7. The van der Waals surface area contributed by atoms with E-state index >= 15 is 0 Å². The molecule has 162 valence electrons. The zero-order valence-electron chi connectivity index (χ0n) is 17.2. The summed E-state index contributed by atoms with van der Waals surface area (Å²) in [5.74, 6) is -1.19. The Morgan fingerprint density at radius 2 is 1.86 bits per heavy atom. The Morgan fingerprint density at radius 1 is 1.14 bits per heavy atom. The van der Waals surface area contributed by atoms with Gasteiger partial charge in [-0.15, -0.1) is 0 Å². The van der Waals surface area contributed by atoms with E-state index in [2.05, 4.69) is 12.2 Å². The van der Waals surface area contributed by atoms with Crippen LogP contribution in [0.1, 0.15) is 51.0 Å². The van der Waals surface area contributed by atoms with E-state index in [4.69, 9.17) is 9.47 Å². The van der Waals surface area contributed by atoms with Gasteiger partial charge in [-0.1, -0.05) is 38.7 Å². The summed E-state index contributed by atoms with van der Waals surface area (Å²) in [4.78, 5) is 14.1. The van der Waals surface area contributed by atoms with Crippen LogP contribution in [0.15, 0.2) is 18.2 Å². The maximum atomic E-state index is 13.2. The lowest BCUT2D eigenvalue weighted by molar-refractivity contribution is -0.134. The van der Waals surface area contributed by atoms with Gasteiger partial charge in [0.1, 0.15) is 13.2 Å². The second-order valence-electron chi connectivity index (χ2n) is 8.14. The number of alkyl halides is 2. The molecule has 1 aromatic carbocycles. The molecule has 1 saturated heterocycles. The van der Waals surface area contributed by atoms with E-state index in [0.717, 1.165) is 30.6 Å². The monoisotopic (exact) mass is 410 g/mol. The van der Waals surface area contributed by atoms with Crippen molar-refractivity contribution in [2.75, 3.05) is 32.8 Å². The number of hydrogen-bond donors (Lipinski definition) is 1. The van der Waals surface area contributed by atoms with Gasteiger partial charge in [-0.2, -0.15) is 0 Å². The summed E-state index contributed by atoms with van der Waals surface area (Å²) in [5, 5.41) is 3.07. The molecule has 29 heavy (non-hydrogen) atoms. The Bertz CT molecular complexity index is 676. The van der Waals surface area contributed by atoms with Crippen molar-refractivity contribution < 1.29 is 23.0 Å². The normalized spacial score (nSPS) is 18.7. The van der Waals surface area contributed by atoms with Crippen molar-refractivity contribution in [3.05, 3.63) is 23.8 Å². The maximum Gasteiger partial charge on any atom is 0.272 e. The van der Waals surface area contributed by atoms with Crippen LogP contribution in [0.3, 0.4) is 0 Å². The molecule has 2 heterocycles. The number of fused-ring (bicyclic) bond motifs is 1. The Kier molecular flexibility index (Phi) is 7.70. The lowest BCUT2D eigenvalue weighted by atomic mass is 10.0. The Hall–Kier alpha value is -1.89. The largest absolute Gasteiger partial charge is 0.486 e. The van der Waals surface area contributed by atoms with Gasteiger partial charge in [0.15, 0.2) is 11.5 Å². The summed E-state index contributed by atoms with van der Waals surface area (Å²) in [7, 11) is 0. The molecule has 5 nitrogen and oxygen atoms in total. The minimum Gasteiger partial charge on any atom is -0.486 e. The summed E-state index contributed by atoms with van der Waals surface area (Å²) in [6.45, 7) is 3.15. The summed E-state index contributed by atoms with van der Waals surface area (Å²) >= 11 is 0. The number of amides is 1. The fourth-order valence-corrected chi connectivity index (χ4v) is 3.90. The summed E-state index contributed by atoms with van der Waals surface area (Å²) in [5.41, 5.74) is 0.995. The molecule has 1 aromatic rings. The predicted molar refractivity (Wildman–Crippen MR) is 108 cm³/mol. The molecule has 0 bridgehead atoms. The molecule has 2 aliphatic rings. The van der Waals surface area contributed by atoms with Gasteiger partial charge in [-0.05, 0) is 30.5 Å². The highest BCUT2D eigenvalue weighted by atomic mass is 19.3. The Balaban J connectivity index is 1.55. The molecule has 0 radical (unpaired) electrons. The van der Waals surface area contributed by atoms with E-state index in [1.807, 2.05) is 18.2 Å². The van der Waals surface area contributed by atoms with Crippen LogP contribution in [0.5, 0.6) is 11.5 Å². The molecular weight excluding hydrogens is 378 g/mol. The molecule has 0 spiro atoms. The highest BCUT2D eigenvalue weighted by Gasteiger charge is 2.44. The lowest BCUT2D eigenvalue weighted by Gasteiger charge is -2.40. The summed E-state index contributed by atoms with van der Waals surface area (Å²) < 4.78 is 37.6. The van der Waals surface area contributed by atoms with Crippen LogP contribution < -0.4 is 14.8 Å². The van der Waals surface area contributed by atoms with Crippen LogP contribution in [0.2, 0.25) is 0 Å². The molecule has 1 atom stereocenters. The standard InChI is InChI=1S/C22H32F2N2O3/c1-2-3-4-5-6-7-21(27)25-18(14-26-15-22(23,24)16-26)12-17-8-9-19-20(13-17)29-11-10-28-19/h8-9,13,18H,2-7,10-12,14-16H2,1H3,(H,25,27). The van der Waals surface area contributed by atoms with Crippen molar-refractivity contribution in [3.63, 3.8) is 0 Å². The quantitative estimate of drug-likeness (QED) is 0.564.